The fraction of sp³-hybridized carbons (Fsp3) is 0.625. The lowest BCUT2D eigenvalue weighted by molar-refractivity contribution is 0.160. The third kappa shape index (κ3) is 2.81. The van der Waals surface area contributed by atoms with Crippen molar-refractivity contribution in [2.45, 2.75) is 44.2 Å². The van der Waals surface area contributed by atoms with Crippen molar-refractivity contribution in [3.8, 4) is 0 Å². The molecule has 0 aromatic heterocycles. The minimum absolute atomic E-state index is 0.593. The van der Waals surface area contributed by atoms with Gasteiger partial charge in [0.15, 0.2) is 0 Å². The topological polar surface area (TPSA) is 15.3 Å². The summed E-state index contributed by atoms with van der Waals surface area (Å²) in [4.78, 5) is 2.62. The third-order valence-electron chi connectivity index (χ3n) is 4.76. The monoisotopic (exact) mass is 278 g/mol. The zero-order valence-electron chi connectivity index (χ0n) is 11.7. The maximum Gasteiger partial charge on any atom is 0.0408 e. The van der Waals surface area contributed by atoms with Crippen molar-refractivity contribution in [2.75, 3.05) is 20.1 Å². The smallest absolute Gasteiger partial charge is 0.0408 e. The molecule has 1 heterocycles. The van der Waals surface area contributed by atoms with Crippen molar-refractivity contribution in [3.63, 3.8) is 0 Å². The number of halogens is 1. The Morgan fingerprint density at radius 3 is 3.00 bits per heavy atom. The van der Waals surface area contributed by atoms with E-state index in [4.69, 9.17) is 11.6 Å². The standard InChI is InChI=1S/C16H23ClN2/c1-19(14-3-2-9-18-10-8-14)16-7-4-12-11-13(17)5-6-15(12)16/h5-6,11,14,16,18H,2-4,7-10H2,1H3. The van der Waals surface area contributed by atoms with E-state index in [1.54, 1.807) is 0 Å². The SMILES string of the molecule is CN(C1CCCNCC1)C1CCc2cc(Cl)ccc21. The highest BCUT2D eigenvalue weighted by Crippen LogP contribution is 2.38. The van der Waals surface area contributed by atoms with E-state index in [1.807, 2.05) is 6.07 Å². The Balaban J connectivity index is 1.76. The third-order valence-corrected chi connectivity index (χ3v) is 5.00. The molecule has 104 valence electrons. The van der Waals surface area contributed by atoms with Gasteiger partial charge in [0.1, 0.15) is 0 Å². The van der Waals surface area contributed by atoms with E-state index in [0.29, 0.717) is 6.04 Å². The molecule has 1 aliphatic heterocycles. The summed E-state index contributed by atoms with van der Waals surface area (Å²) in [6.07, 6.45) is 6.32. The van der Waals surface area contributed by atoms with Gasteiger partial charge in [-0.3, -0.25) is 4.90 Å². The van der Waals surface area contributed by atoms with Gasteiger partial charge in [0.25, 0.3) is 0 Å². The van der Waals surface area contributed by atoms with E-state index in [2.05, 4.69) is 29.4 Å². The molecule has 0 amide bonds. The van der Waals surface area contributed by atoms with Gasteiger partial charge in [-0.1, -0.05) is 17.7 Å². The van der Waals surface area contributed by atoms with Gasteiger partial charge in [-0.2, -0.15) is 0 Å². The van der Waals surface area contributed by atoms with Crippen LogP contribution >= 0.6 is 11.6 Å². The summed E-state index contributed by atoms with van der Waals surface area (Å²) >= 11 is 6.10. The zero-order chi connectivity index (χ0) is 13.2. The highest BCUT2D eigenvalue weighted by atomic mass is 35.5. The van der Waals surface area contributed by atoms with Crippen molar-refractivity contribution in [2.24, 2.45) is 0 Å². The van der Waals surface area contributed by atoms with E-state index in [0.717, 1.165) is 17.6 Å². The van der Waals surface area contributed by atoms with Gasteiger partial charge in [0, 0.05) is 17.1 Å². The number of aryl methyl sites for hydroxylation is 1. The van der Waals surface area contributed by atoms with Crippen molar-refractivity contribution < 1.29 is 0 Å². The molecule has 1 fully saturated rings. The van der Waals surface area contributed by atoms with E-state index in [-0.39, 0.29) is 0 Å². The van der Waals surface area contributed by atoms with Gasteiger partial charge >= 0.3 is 0 Å². The van der Waals surface area contributed by atoms with Crippen LogP contribution in [0.15, 0.2) is 18.2 Å². The molecule has 1 aromatic carbocycles. The minimum Gasteiger partial charge on any atom is -0.317 e. The van der Waals surface area contributed by atoms with Crippen LogP contribution in [0.2, 0.25) is 5.02 Å². The zero-order valence-corrected chi connectivity index (χ0v) is 12.4. The fourth-order valence-electron chi connectivity index (χ4n) is 3.65. The summed E-state index contributed by atoms with van der Waals surface area (Å²) in [6.45, 7) is 2.34. The molecule has 2 unspecified atom stereocenters. The number of hydrogen-bond donors (Lipinski definition) is 1. The fourth-order valence-corrected chi connectivity index (χ4v) is 3.84. The van der Waals surface area contributed by atoms with Crippen LogP contribution in [-0.4, -0.2) is 31.1 Å². The number of fused-ring (bicyclic) bond motifs is 1. The molecule has 1 aromatic rings. The van der Waals surface area contributed by atoms with Gasteiger partial charge < -0.3 is 5.32 Å². The average Bonchev–Trinajstić information content (AvgIpc) is 2.64. The van der Waals surface area contributed by atoms with Gasteiger partial charge in [-0.15, -0.1) is 0 Å². The summed E-state index contributed by atoms with van der Waals surface area (Å²) in [5.74, 6) is 0. The molecular weight excluding hydrogens is 256 g/mol. The van der Waals surface area contributed by atoms with E-state index < -0.39 is 0 Å². The molecule has 2 atom stereocenters. The highest BCUT2D eigenvalue weighted by molar-refractivity contribution is 6.30. The first-order valence-corrected chi connectivity index (χ1v) is 7.84. The molecule has 3 rings (SSSR count). The summed E-state index contributed by atoms with van der Waals surface area (Å²) in [5.41, 5.74) is 2.96. The van der Waals surface area contributed by atoms with E-state index in [9.17, 15) is 0 Å². The number of nitrogens with one attached hydrogen (secondary N) is 1. The van der Waals surface area contributed by atoms with Crippen LogP contribution in [0.5, 0.6) is 0 Å². The Morgan fingerprint density at radius 1 is 1.21 bits per heavy atom. The average molecular weight is 279 g/mol. The summed E-state index contributed by atoms with van der Waals surface area (Å²) < 4.78 is 0. The number of rotatable bonds is 2. The first-order chi connectivity index (χ1) is 9.25. The predicted molar refractivity (Wildman–Crippen MR) is 80.8 cm³/mol. The Labute approximate surface area is 121 Å². The number of nitrogens with zero attached hydrogens (tertiary/aromatic N) is 1. The van der Waals surface area contributed by atoms with Crippen molar-refractivity contribution >= 4 is 11.6 Å². The quantitative estimate of drug-likeness (QED) is 0.892. The van der Waals surface area contributed by atoms with E-state index >= 15 is 0 Å². The molecular formula is C16H23ClN2. The van der Waals surface area contributed by atoms with Crippen LogP contribution < -0.4 is 5.32 Å². The summed E-state index contributed by atoms with van der Waals surface area (Å²) in [6, 6.07) is 7.75. The molecule has 19 heavy (non-hydrogen) atoms. The van der Waals surface area contributed by atoms with E-state index in [1.165, 1.54) is 49.8 Å². The molecule has 3 heteroatoms. The maximum atomic E-state index is 6.10. The van der Waals surface area contributed by atoms with Gasteiger partial charge in [-0.05, 0) is 75.5 Å². The van der Waals surface area contributed by atoms with Crippen LogP contribution in [0.4, 0.5) is 0 Å². The first-order valence-electron chi connectivity index (χ1n) is 7.46. The Morgan fingerprint density at radius 2 is 2.11 bits per heavy atom. The molecule has 2 nitrogen and oxygen atoms in total. The van der Waals surface area contributed by atoms with Gasteiger partial charge in [0.2, 0.25) is 0 Å². The normalized spacial score (nSPS) is 27.3. The molecule has 0 radical (unpaired) electrons. The van der Waals surface area contributed by atoms with Crippen LogP contribution in [0.1, 0.15) is 42.9 Å². The van der Waals surface area contributed by atoms with Gasteiger partial charge in [0.05, 0.1) is 0 Å². The van der Waals surface area contributed by atoms with Gasteiger partial charge in [-0.25, -0.2) is 0 Å². The van der Waals surface area contributed by atoms with Crippen LogP contribution in [0, 0.1) is 0 Å². The van der Waals surface area contributed by atoms with Crippen molar-refractivity contribution in [3.05, 3.63) is 34.3 Å². The second-order valence-corrected chi connectivity index (χ2v) is 6.33. The maximum absolute atomic E-state index is 6.10. The lowest BCUT2D eigenvalue weighted by Gasteiger charge is -2.33. The highest BCUT2D eigenvalue weighted by Gasteiger charge is 2.30. The summed E-state index contributed by atoms with van der Waals surface area (Å²) in [7, 11) is 2.31. The summed E-state index contributed by atoms with van der Waals surface area (Å²) in [5, 5.41) is 4.38. The molecule has 0 saturated carbocycles. The predicted octanol–water partition coefficient (Wildman–Crippen LogP) is 3.40. The Hall–Kier alpha value is -0.570. The second-order valence-electron chi connectivity index (χ2n) is 5.90. The molecule has 1 N–H and O–H groups in total. The molecule has 0 bridgehead atoms. The Bertz CT molecular complexity index is 438. The van der Waals surface area contributed by atoms with Crippen LogP contribution in [0.25, 0.3) is 0 Å². The molecule has 1 aliphatic carbocycles. The number of hydrogen-bond acceptors (Lipinski definition) is 2. The molecule has 0 spiro atoms. The number of benzene rings is 1. The van der Waals surface area contributed by atoms with Crippen LogP contribution in [0.3, 0.4) is 0 Å². The first kappa shape index (κ1) is 13.4. The van der Waals surface area contributed by atoms with Crippen molar-refractivity contribution in [1.29, 1.82) is 0 Å². The molecule has 2 aliphatic rings. The Kier molecular flexibility index (Phi) is 4.11. The largest absolute Gasteiger partial charge is 0.317 e. The van der Waals surface area contributed by atoms with Crippen molar-refractivity contribution in [1.82, 2.24) is 10.2 Å². The lowest BCUT2D eigenvalue weighted by atomic mass is 10.0. The minimum atomic E-state index is 0.593. The lowest BCUT2D eigenvalue weighted by Crippen LogP contribution is -2.35. The molecule has 1 saturated heterocycles. The van der Waals surface area contributed by atoms with Crippen LogP contribution in [-0.2, 0) is 6.42 Å². The second kappa shape index (κ2) is 5.82.